The van der Waals surface area contributed by atoms with Gasteiger partial charge in [-0.2, -0.15) is 0 Å². The van der Waals surface area contributed by atoms with Gasteiger partial charge in [0.25, 0.3) is 0 Å². The summed E-state index contributed by atoms with van der Waals surface area (Å²) in [7, 11) is 0. The minimum absolute atomic E-state index is 0.0180. The van der Waals surface area contributed by atoms with E-state index in [0.717, 1.165) is 17.5 Å². The maximum Gasteiger partial charge on any atom is 0.223 e. The van der Waals surface area contributed by atoms with Gasteiger partial charge in [-0.25, -0.2) is 4.39 Å². The maximum absolute atomic E-state index is 13.7. The van der Waals surface area contributed by atoms with E-state index in [4.69, 9.17) is 21.1 Å². The summed E-state index contributed by atoms with van der Waals surface area (Å²) in [6.07, 6.45) is 1.32. The van der Waals surface area contributed by atoms with Crippen molar-refractivity contribution < 1.29 is 18.7 Å². The molecular weight excluding hydrogens is 357 g/mol. The first-order valence-corrected chi connectivity index (χ1v) is 9.05. The molecule has 1 heterocycles. The second-order valence-electron chi connectivity index (χ2n) is 6.68. The molecule has 0 unspecified atom stereocenters. The molecule has 1 aliphatic heterocycles. The highest BCUT2D eigenvalue weighted by Gasteiger charge is 2.44. The molecule has 2 aromatic rings. The molecular formula is C20H19ClFNO3. The van der Waals surface area contributed by atoms with Gasteiger partial charge >= 0.3 is 0 Å². The van der Waals surface area contributed by atoms with Gasteiger partial charge in [0.1, 0.15) is 11.6 Å². The van der Waals surface area contributed by atoms with Crippen LogP contribution in [-0.4, -0.2) is 19.2 Å². The summed E-state index contributed by atoms with van der Waals surface area (Å²) in [4.78, 5) is 12.4. The van der Waals surface area contributed by atoms with Gasteiger partial charge in [0.05, 0.1) is 6.61 Å². The van der Waals surface area contributed by atoms with Crippen LogP contribution in [0.25, 0.3) is 0 Å². The van der Waals surface area contributed by atoms with Crippen molar-refractivity contribution in [3.63, 3.8) is 0 Å². The van der Waals surface area contributed by atoms with Crippen LogP contribution in [0.3, 0.4) is 0 Å². The zero-order valence-corrected chi connectivity index (χ0v) is 14.9. The molecule has 2 atom stereocenters. The predicted molar refractivity (Wildman–Crippen MR) is 95.7 cm³/mol. The Morgan fingerprint density at radius 2 is 2.15 bits per heavy atom. The fourth-order valence-corrected chi connectivity index (χ4v) is 3.77. The van der Waals surface area contributed by atoms with Gasteiger partial charge in [-0.15, -0.1) is 0 Å². The monoisotopic (exact) mass is 375 g/mol. The van der Waals surface area contributed by atoms with E-state index in [1.807, 2.05) is 24.3 Å². The third kappa shape index (κ3) is 3.55. The van der Waals surface area contributed by atoms with Crippen LogP contribution >= 0.6 is 11.6 Å². The molecule has 1 aliphatic carbocycles. The van der Waals surface area contributed by atoms with E-state index >= 15 is 0 Å². The lowest BCUT2D eigenvalue weighted by Crippen LogP contribution is -2.28. The molecule has 4 rings (SSSR count). The Morgan fingerprint density at radius 3 is 3.00 bits per heavy atom. The Morgan fingerprint density at radius 1 is 1.31 bits per heavy atom. The SMILES string of the molecule is O=C(NCCc1cc(F)cc2c1OCOC2)[C@@H]1C[C@@H]1c1ccccc1Cl. The molecule has 2 aromatic carbocycles. The topological polar surface area (TPSA) is 47.6 Å². The highest BCUT2D eigenvalue weighted by Crippen LogP contribution is 2.49. The van der Waals surface area contributed by atoms with E-state index in [-0.39, 0.29) is 30.4 Å². The van der Waals surface area contributed by atoms with E-state index in [1.54, 1.807) is 0 Å². The number of hydrogen-bond donors (Lipinski definition) is 1. The van der Waals surface area contributed by atoms with Gasteiger partial charge in [-0.3, -0.25) is 4.79 Å². The van der Waals surface area contributed by atoms with Crippen molar-refractivity contribution in [3.8, 4) is 5.75 Å². The van der Waals surface area contributed by atoms with Crippen molar-refractivity contribution in [2.45, 2.75) is 25.4 Å². The van der Waals surface area contributed by atoms with Gasteiger partial charge in [-0.1, -0.05) is 29.8 Å². The second kappa shape index (κ2) is 7.25. The van der Waals surface area contributed by atoms with Crippen LogP contribution < -0.4 is 10.1 Å². The number of fused-ring (bicyclic) bond motifs is 1. The Kier molecular flexibility index (Phi) is 4.83. The molecule has 0 bridgehead atoms. The summed E-state index contributed by atoms with van der Waals surface area (Å²) >= 11 is 6.20. The highest BCUT2D eigenvalue weighted by molar-refractivity contribution is 6.31. The Labute approximate surface area is 156 Å². The lowest BCUT2D eigenvalue weighted by molar-refractivity contribution is -0.122. The van der Waals surface area contributed by atoms with Crippen molar-refractivity contribution in [1.29, 1.82) is 0 Å². The fourth-order valence-electron chi connectivity index (χ4n) is 3.50. The number of rotatable bonds is 5. The first-order chi connectivity index (χ1) is 12.6. The molecule has 26 heavy (non-hydrogen) atoms. The normalized spacial score (nSPS) is 20.8. The molecule has 1 fully saturated rings. The second-order valence-corrected chi connectivity index (χ2v) is 7.08. The zero-order valence-electron chi connectivity index (χ0n) is 14.1. The molecule has 1 amide bonds. The number of halogens is 2. The number of hydrogen-bond acceptors (Lipinski definition) is 3. The molecule has 4 nitrogen and oxygen atoms in total. The van der Waals surface area contributed by atoms with Gasteiger partial charge < -0.3 is 14.8 Å². The van der Waals surface area contributed by atoms with Crippen LogP contribution in [-0.2, 0) is 22.6 Å². The highest BCUT2D eigenvalue weighted by atomic mass is 35.5. The maximum atomic E-state index is 13.7. The van der Waals surface area contributed by atoms with Crippen LogP contribution in [0, 0.1) is 11.7 Å². The van der Waals surface area contributed by atoms with Crippen molar-refractivity contribution in [2.24, 2.45) is 5.92 Å². The van der Waals surface area contributed by atoms with Gasteiger partial charge in [-0.05, 0) is 48.1 Å². The minimum Gasteiger partial charge on any atom is -0.467 e. The van der Waals surface area contributed by atoms with Crippen LogP contribution in [0.2, 0.25) is 5.02 Å². The average Bonchev–Trinajstić information content (AvgIpc) is 3.42. The standard InChI is InChI=1S/C20H19ClFNO3/c21-18-4-2-1-3-15(18)16-9-17(16)20(24)23-6-5-12-7-14(22)8-13-10-25-11-26-19(12)13/h1-4,7-8,16-17H,5-6,9-11H2,(H,23,24)/t16-,17-/m1/s1. The Balaban J connectivity index is 1.34. The van der Waals surface area contributed by atoms with Crippen molar-refractivity contribution in [2.75, 3.05) is 13.3 Å². The van der Waals surface area contributed by atoms with Crippen LogP contribution in [0.1, 0.15) is 29.0 Å². The lowest BCUT2D eigenvalue weighted by atomic mass is 10.1. The Bertz CT molecular complexity index is 842. The average molecular weight is 376 g/mol. The number of carbonyl (C=O) groups is 1. The van der Waals surface area contributed by atoms with E-state index in [0.29, 0.717) is 35.9 Å². The van der Waals surface area contributed by atoms with Gasteiger partial charge in [0.2, 0.25) is 5.91 Å². The number of ether oxygens (including phenoxy) is 2. The largest absolute Gasteiger partial charge is 0.467 e. The first-order valence-electron chi connectivity index (χ1n) is 8.67. The van der Waals surface area contributed by atoms with Crippen molar-refractivity contribution >= 4 is 17.5 Å². The Hall–Kier alpha value is -2.11. The van der Waals surface area contributed by atoms with Crippen molar-refractivity contribution in [1.82, 2.24) is 5.32 Å². The third-order valence-electron chi connectivity index (χ3n) is 4.88. The van der Waals surface area contributed by atoms with Crippen molar-refractivity contribution in [3.05, 3.63) is 63.9 Å². The molecule has 6 heteroatoms. The quantitative estimate of drug-likeness (QED) is 0.864. The molecule has 0 radical (unpaired) electrons. The van der Waals surface area contributed by atoms with E-state index in [1.165, 1.54) is 12.1 Å². The first kappa shape index (κ1) is 17.3. The molecule has 136 valence electrons. The van der Waals surface area contributed by atoms with E-state index in [2.05, 4.69) is 5.32 Å². The number of carbonyl (C=O) groups excluding carboxylic acids is 1. The molecule has 0 aromatic heterocycles. The number of nitrogens with one attached hydrogen (secondary N) is 1. The molecule has 1 saturated carbocycles. The molecule has 2 aliphatic rings. The third-order valence-corrected chi connectivity index (χ3v) is 5.22. The summed E-state index contributed by atoms with van der Waals surface area (Å²) in [5.74, 6) is 0.518. The lowest BCUT2D eigenvalue weighted by Gasteiger charge is -2.21. The van der Waals surface area contributed by atoms with Crippen LogP contribution in [0.4, 0.5) is 4.39 Å². The van der Waals surface area contributed by atoms with Crippen LogP contribution in [0.5, 0.6) is 5.75 Å². The minimum atomic E-state index is -0.319. The predicted octanol–water partition coefficient (Wildman–Crippen LogP) is 3.81. The van der Waals surface area contributed by atoms with Gasteiger partial charge in [0, 0.05) is 23.0 Å². The van der Waals surface area contributed by atoms with E-state index < -0.39 is 0 Å². The summed E-state index contributed by atoms with van der Waals surface area (Å²) in [6.45, 7) is 0.943. The van der Waals surface area contributed by atoms with Crippen LogP contribution in [0.15, 0.2) is 36.4 Å². The molecule has 0 spiro atoms. The summed E-state index contributed by atoms with van der Waals surface area (Å²) in [5.41, 5.74) is 2.49. The number of amides is 1. The van der Waals surface area contributed by atoms with Gasteiger partial charge in [0.15, 0.2) is 6.79 Å². The molecule has 1 N–H and O–H groups in total. The zero-order chi connectivity index (χ0) is 18.1. The fraction of sp³-hybridized carbons (Fsp3) is 0.350. The summed E-state index contributed by atoms with van der Waals surface area (Å²) in [6, 6.07) is 10.5. The summed E-state index contributed by atoms with van der Waals surface area (Å²) in [5, 5.41) is 3.65. The van der Waals surface area contributed by atoms with E-state index in [9.17, 15) is 9.18 Å². The number of benzene rings is 2. The molecule has 0 saturated heterocycles. The summed E-state index contributed by atoms with van der Waals surface area (Å²) < 4.78 is 24.4. The smallest absolute Gasteiger partial charge is 0.223 e.